The van der Waals surface area contributed by atoms with Gasteiger partial charge in [-0.2, -0.15) is 4.31 Å². The van der Waals surface area contributed by atoms with Crippen molar-refractivity contribution in [3.05, 3.63) is 30.1 Å². The Hall–Kier alpha value is -1.47. The molecule has 148 valence electrons. The van der Waals surface area contributed by atoms with Crippen molar-refractivity contribution in [1.82, 2.24) is 9.21 Å². The predicted molar refractivity (Wildman–Crippen MR) is 99.9 cm³/mol. The van der Waals surface area contributed by atoms with Crippen molar-refractivity contribution in [3.8, 4) is 0 Å². The topological polar surface area (TPSA) is 57.7 Å². The number of carbonyl (C=O) groups is 1. The van der Waals surface area contributed by atoms with Crippen molar-refractivity contribution < 1.29 is 17.6 Å². The highest BCUT2D eigenvalue weighted by Crippen LogP contribution is 2.49. The van der Waals surface area contributed by atoms with Crippen molar-refractivity contribution >= 4 is 15.9 Å². The maximum Gasteiger partial charge on any atom is 0.243 e. The molecule has 27 heavy (non-hydrogen) atoms. The lowest BCUT2D eigenvalue weighted by Gasteiger charge is -2.26. The van der Waals surface area contributed by atoms with Gasteiger partial charge in [0, 0.05) is 32.6 Å². The zero-order chi connectivity index (χ0) is 19.0. The Balaban J connectivity index is 1.37. The summed E-state index contributed by atoms with van der Waals surface area (Å²) in [5.74, 6) is 1.80. The molecule has 4 rings (SSSR count). The average Bonchev–Trinajstić information content (AvgIpc) is 3.16. The molecule has 0 unspecified atom stereocenters. The molecule has 0 aromatic heterocycles. The van der Waals surface area contributed by atoms with E-state index in [-0.39, 0.29) is 10.8 Å². The highest BCUT2D eigenvalue weighted by molar-refractivity contribution is 7.89. The minimum atomic E-state index is -3.65. The Morgan fingerprint density at radius 2 is 1.81 bits per heavy atom. The molecule has 3 atom stereocenters. The second-order valence-electron chi connectivity index (χ2n) is 8.23. The number of rotatable bonds is 4. The lowest BCUT2D eigenvalue weighted by Crippen LogP contribution is -2.38. The van der Waals surface area contributed by atoms with Gasteiger partial charge in [-0.1, -0.05) is 6.42 Å². The molecule has 2 saturated carbocycles. The van der Waals surface area contributed by atoms with Gasteiger partial charge in [-0.3, -0.25) is 4.79 Å². The second kappa shape index (κ2) is 7.51. The molecule has 1 saturated heterocycles. The SMILES string of the molecule is O=C(C[C@@H]1C[C@H]2CC[C@H]1C2)N1CCCN(S(=O)(=O)c2ccc(F)cc2)CC1. The van der Waals surface area contributed by atoms with Crippen molar-refractivity contribution in [3.63, 3.8) is 0 Å². The van der Waals surface area contributed by atoms with Gasteiger partial charge >= 0.3 is 0 Å². The van der Waals surface area contributed by atoms with Gasteiger partial charge in [-0.05, 0) is 67.7 Å². The lowest BCUT2D eigenvalue weighted by molar-refractivity contribution is -0.132. The summed E-state index contributed by atoms with van der Waals surface area (Å²) in [4.78, 5) is 14.7. The molecule has 1 aromatic rings. The highest BCUT2D eigenvalue weighted by Gasteiger charge is 2.40. The predicted octanol–water partition coefficient (Wildman–Crippen LogP) is 2.88. The van der Waals surface area contributed by atoms with Crippen molar-refractivity contribution in [1.29, 1.82) is 0 Å². The summed E-state index contributed by atoms with van der Waals surface area (Å²) in [6.07, 6.45) is 6.33. The molecule has 2 bridgehead atoms. The summed E-state index contributed by atoms with van der Waals surface area (Å²) < 4.78 is 40.1. The Labute approximate surface area is 160 Å². The zero-order valence-electron chi connectivity index (χ0n) is 15.5. The first kappa shape index (κ1) is 18.9. The van der Waals surface area contributed by atoms with E-state index in [4.69, 9.17) is 0 Å². The van der Waals surface area contributed by atoms with Crippen molar-refractivity contribution in [2.45, 2.75) is 43.4 Å². The number of sulfonamides is 1. The Bertz CT molecular complexity index is 796. The quantitative estimate of drug-likeness (QED) is 0.789. The van der Waals surface area contributed by atoms with E-state index in [1.54, 1.807) is 0 Å². The maximum atomic E-state index is 13.1. The van der Waals surface area contributed by atoms with E-state index in [2.05, 4.69) is 0 Å². The Morgan fingerprint density at radius 1 is 1.04 bits per heavy atom. The molecule has 2 aliphatic carbocycles. The van der Waals surface area contributed by atoms with Crippen LogP contribution in [-0.2, 0) is 14.8 Å². The lowest BCUT2D eigenvalue weighted by atomic mass is 9.86. The number of hydrogen-bond donors (Lipinski definition) is 0. The number of nitrogens with zero attached hydrogens (tertiary/aromatic N) is 2. The van der Waals surface area contributed by atoms with Crippen LogP contribution in [0.3, 0.4) is 0 Å². The number of halogens is 1. The molecule has 0 radical (unpaired) electrons. The summed E-state index contributed by atoms with van der Waals surface area (Å²) in [5, 5.41) is 0. The van der Waals surface area contributed by atoms with Gasteiger partial charge < -0.3 is 4.90 Å². The first-order valence-electron chi connectivity index (χ1n) is 9.97. The van der Waals surface area contributed by atoms with Gasteiger partial charge in [-0.15, -0.1) is 0 Å². The van der Waals surface area contributed by atoms with Gasteiger partial charge in [-0.25, -0.2) is 12.8 Å². The number of benzene rings is 1. The normalized spacial score (nSPS) is 29.1. The van der Waals surface area contributed by atoms with Crippen LogP contribution in [0, 0.1) is 23.6 Å². The van der Waals surface area contributed by atoms with Gasteiger partial charge in [0.15, 0.2) is 0 Å². The van der Waals surface area contributed by atoms with Crippen LogP contribution in [0.15, 0.2) is 29.2 Å². The standard InChI is InChI=1S/C20H27FN2O3S/c21-18-4-6-19(7-5-18)27(25,26)23-9-1-8-22(10-11-23)20(24)14-17-13-15-2-3-16(17)12-15/h4-7,15-17H,1-3,8-14H2/t15-,16-,17-/m0/s1. The summed E-state index contributed by atoms with van der Waals surface area (Å²) in [6.45, 7) is 1.72. The van der Waals surface area contributed by atoms with Crippen LogP contribution in [0.1, 0.15) is 38.5 Å². The van der Waals surface area contributed by atoms with E-state index < -0.39 is 15.8 Å². The molecule has 3 aliphatic rings. The van der Waals surface area contributed by atoms with Gasteiger partial charge in [0.1, 0.15) is 5.82 Å². The minimum Gasteiger partial charge on any atom is -0.341 e. The van der Waals surface area contributed by atoms with Crippen LogP contribution < -0.4 is 0 Å². The Morgan fingerprint density at radius 3 is 2.48 bits per heavy atom. The second-order valence-corrected chi connectivity index (χ2v) is 10.2. The molecule has 1 aliphatic heterocycles. The van der Waals surface area contributed by atoms with E-state index in [0.29, 0.717) is 44.9 Å². The molecule has 5 nitrogen and oxygen atoms in total. The Kier molecular flexibility index (Phi) is 5.25. The smallest absolute Gasteiger partial charge is 0.243 e. The monoisotopic (exact) mass is 394 g/mol. The van der Waals surface area contributed by atoms with Crippen molar-refractivity contribution in [2.24, 2.45) is 17.8 Å². The molecule has 0 N–H and O–H groups in total. The van der Waals surface area contributed by atoms with Crippen LogP contribution in [0.4, 0.5) is 4.39 Å². The molecule has 3 fully saturated rings. The van der Waals surface area contributed by atoms with Gasteiger partial charge in [0.2, 0.25) is 15.9 Å². The van der Waals surface area contributed by atoms with E-state index in [0.717, 1.165) is 24.0 Å². The summed E-state index contributed by atoms with van der Waals surface area (Å²) >= 11 is 0. The van der Waals surface area contributed by atoms with Crippen LogP contribution in [0.2, 0.25) is 0 Å². The van der Waals surface area contributed by atoms with Gasteiger partial charge in [0.05, 0.1) is 4.90 Å². The highest BCUT2D eigenvalue weighted by atomic mass is 32.2. The van der Waals surface area contributed by atoms with Gasteiger partial charge in [0.25, 0.3) is 0 Å². The molecule has 7 heteroatoms. The van der Waals surface area contributed by atoms with E-state index in [1.807, 2.05) is 4.90 Å². The number of fused-ring (bicyclic) bond motifs is 2. The fourth-order valence-corrected chi connectivity index (χ4v) is 6.59. The fraction of sp³-hybridized carbons (Fsp3) is 0.650. The van der Waals surface area contributed by atoms with Crippen molar-refractivity contribution in [2.75, 3.05) is 26.2 Å². The first-order chi connectivity index (χ1) is 12.9. The van der Waals surface area contributed by atoms with Crippen LogP contribution >= 0.6 is 0 Å². The number of hydrogen-bond acceptors (Lipinski definition) is 3. The van der Waals surface area contributed by atoms with Crippen LogP contribution in [0.5, 0.6) is 0 Å². The third kappa shape index (κ3) is 3.90. The summed E-state index contributed by atoms with van der Waals surface area (Å²) in [5.41, 5.74) is 0. The molecule has 1 amide bonds. The van der Waals surface area contributed by atoms with E-state index in [9.17, 15) is 17.6 Å². The number of amides is 1. The summed E-state index contributed by atoms with van der Waals surface area (Å²) in [6, 6.07) is 4.92. The molecule has 1 aromatic carbocycles. The van der Waals surface area contributed by atoms with Crippen LogP contribution in [0.25, 0.3) is 0 Å². The van der Waals surface area contributed by atoms with E-state index >= 15 is 0 Å². The molecule has 0 spiro atoms. The summed E-state index contributed by atoms with van der Waals surface area (Å²) in [7, 11) is -3.65. The minimum absolute atomic E-state index is 0.102. The third-order valence-corrected chi connectivity index (χ3v) is 8.49. The average molecular weight is 395 g/mol. The fourth-order valence-electron chi connectivity index (χ4n) is 5.12. The first-order valence-corrected chi connectivity index (χ1v) is 11.4. The largest absolute Gasteiger partial charge is 0.341 e. The van der Waals surface area contributed by atoms with E-state index in [1.165, 1.54) is 42.1 Å². The molecular weight excluding hydrogens is 367 g/mol. The maximum absolute atomic E-state index is 13.1. The van der Waals surface area contributed by atoms with Crippen LogP contribution in [-0.4, -0.2) is 49.7 Å². The third-order valence-electron chi connectivity index (χ3n) is 6.58. The molecular formula is C20H27FN2O3S. The molecule has 1 heterocycles. The number of carbonyl (C=O) groups excluding carboxylic acids is 1. The zero-order valence-corrected chi connectivity index (χ0v) is 16.3.